The van der Waals surface area contributed by atoms with E-state index in [0.717, 1.165) is 33.1 Å². The van der Waals surface area contributed by atoms with Crippen LogP contribution in [-0.2, 0) is 0 Å². The first-order valence-electron chi connectivity index (χ1n) is 18.6. The predicted octanol–water partition coefficient (Wildman–Crippen LogP) is 14.7. The van der Waals surface area contributed by atoms with Crippen LogP contribution in [-0.4, -0.2) is 4.98 Å². The average Bonchev–Trinajstić information content (AvgIpc) is 3.25. The first-order valence-corrected chi connectivity index (χ1v) is 18.6. The molecule has 0 aliphatic rings. The van der Waals surface area contributed by atoms with Gasteiger partial charge in [-0.1, -0.05) is 176 Å². The summed E-state index contributed by atoms with van der Waals surface area (Å²) >= 11 is 0. The van der Waals surface area contributed by atoms with Crippen LogP contribution in [0.2, 0.25) is 0 Å². The Labute approximate surface area is 313 Å². The van der Waals surface area contributed by atoms with Crippen LogP contribution in [0, 0.1) is 0 Å². The van der Waals surface area contributed by atoms with Crippen LogP contribution in [0.5, 0.6) is 0 Å². The zero-order valence-corrected chi connectivity index (χ0v) is 29.5. The molecule has 0 bridgehead atoms. The second-order valence-electron chi connectivity index (χ2n) is 14.2. The average molecular weight is 684 g/mol. The molecule has 1 heterocycles. The number of rotatable bonds is 4. The third-order valence-electron chi connectivity index (χ3n) is 11.2. The molecule has 0 aliphatic heterocycles. The van der Waals surface area contributed by atoms with Crippen LogP contribution in [0.15, 0.2) is 200 Å². The lowest BCUT2D eigenvalue weighted by atomic mass is 9.87. The molecule has 1 heteroatoms. The second kappa shape index (κ2) is 12.3. The molecule has 0 saturated carbocycles. The van der Waals surface area contributed by atoms with Crippen molar-refractivity contribution < 1.29 is 0 Å². The van der Waals surface area contributed by atoms with Crippen molar-refractivity contribution in [3.63, 3.8) is 0 Å². The van der Waals surface area contributed by atoms with Crippen molar-refractivity contribution >= 4 is 64.8 Å². The molecule has 0 aliphatic carbocycles. The maximum atomic E-state index is 5.63. The van der Waals surface area contributed by atoms with Gasteiger partial charge in [-0.05, 0) is 106 Å². The van der Waals surface area contributed by atoms with E-state index < -0.39 is 0 Å². The van der Waals surface area contributed by atoms with E-state index in [1.165, 1.54) is 76.3 Å². The summed E-state index contributed by atoms with van der Waals surface area (Å²) < 4.78 is 0. The number of aromatic nitrogens is 1. The highest BCUT2D eigenvalue weighted by Gasteiger charge is 2.19. The number of hydrogen-bond donors (Lipinski definition) is 0. The highest BCUT2D eigenvalue weighted by molar-refractivity contribution is 6.22. The van der Waals surface area contributed by atoms with Gasteiger partial charge >= 0.3 is 0 Å². The maximum Gasteiger partial charge on any atom is 0.0794 e. The van der Waals surface area contributed by atoms with E-state index in [-0.39, 0.29) is 0 Å². The summed E-state index contributed by atoms with van der Waals surface area (Å²) in [6.07, 6.45) is 0. The molecule has 11 rings (SSSR count). The Balaban J connectivity index is 1.25. The third-order valence-corrected chi connectivity index (χ3v) is 11.2. The lowest BCUT2D eigenvalue weighted by Gasteiger charge is -2.18. The third kappa shape index (κ3) is 4.83. The Morgan fingerprint density at radius 2 is 0.667 bits per heavy atom. The van der Waals surface area contributed by atoms with Crippen molar-refractivity contribution in [1.82, 2.24) is 4.98 Å². The van der Waals surface area contributed by atoms with Gasteiger partial charge in [-0.3, -0.25) is 0 Å². The SMILES string of the molecule is c1ccc(-c2ccc(-c3cc(-c4cc5ccccc5c5ccccc45)nc4c3cc(-c3cc5ccccc5c5ccccc35)c3ccccc34)cc2)cc1. The van der Waals surface area contributed by atoms with E-state index in [0.29, 0.717) is 0 Å². The van der Waals surface area contributed by atoms with Gasteiger partial charge in [0.2, 0.25) is 0 Å². The largest absolute Gasteiger partial charge is 0.247 e. The number of fused-ring (bicyclic) bond motifs is 9. The van der Waals surface area contributed by atoms with Crippen LogP contribution in [0.4, 0.5) is 0 Å². The lowest BCUT2D eigenvalue weighted by Crippen LogP contribution is -1.95. The Kier molecular flexibility index (Phi) is 6.93. The summed E-state index contributed by atoms with van der Waals surface area (Å²) in [6, 6.07) is 72.9. The monoisotopic (exact) mass is 683 g/mol. The molecule has 0 spiro atoms. The van der Waals surface area contributed by atoms with Gasteiger partial charge in [-0.2, -0.15) is 0 Å². The molecular formula is C53H33N. The molecule has 250 valence electrons. The van der Waals surface area contributed by atoms with Gasteiger partial charge in [-0.15, -0.1) is 0 Å². The van der Waals surface area contributed by atoms with Gasteiger partial charge in [0.1, 0.15) is 0 Å². The molecule has 1 aromatic heterocycles. The molecule has 1 nitrogen and oxygen atoms in total. The van der Waals surface area contributed by atoms with Gasteiger partial charge in [0.05, 0.1) is 11.2 Å². The number of hydrogen-bond acceptors (Lipinski definition) is 1. The molecule has 11 aromatic rings. The van der Waals surface area contributed by atoms with E-state index in [9.17, 15) is 0 Å². The van der Waals surface area contributed by atoms with E-state index in [4.69, 9.17) is 4.98 Å². The van der Waals surface area contributed by atoms with Gasteiger partial charge < -0.3 is 0 Å². The summed E-state index contributed by atoms with van der Waals surface area (Å²) in [5.41, 5.74) is 10.3. The maximum absolute atomic E-state index is 5.63. The summed E-state index contributed by atoms with van der Waals surface area (Å²) in [5, 5.41) is 13.4. The Hall–Kier alpha value is -7.09. The molecule has 0 amide bonds. The number of pyridine rings is 1. The molecule has 0 fully saturated rings. The number of benzene rings is 10. The zero-order chi connectivity index (χ0) is 35.6. The van der Waals surface area contributed by atoms with E-state index >= 15 is 0 Å². The van der Waals surface area contributed by atoms with Crippen LogP contribution >= 0.6 is 0 Å². The topological polar surface area (TPSA) is 12.9 Å². The van der Waals surface area contributed by atoms with Crippen LogP contribution in [0.3, 0.4) is 0 Å². The van der Waals surface area contributed by atoms with Crippen LogP contribution in [0.25, 0.3) is 109 Å². The fourth-order valence-corrected chi connectivity index (χ4v) is 8.67. The number of nitrogens with zero attached hydrogens (tertiary/aromatic N) is 1. The molecule has 0 saturated heterocycles. The summed E-state index contributed by atoms with van der Waals surface area (Å²) in [6.45, 7) is 0. The summed E-state index contributed by atoms with van der Waals surface area (Å²) in [4.78, 5) is 5.63. The van der Waals surface area contributed by atoms with Gasteiger partial charge in [0.15, 0.2) is 0 Å². The van der Waals surface area contributed by atoms with Crippen molar-refractivity contribution in [2.75, 3.05) is 0 Å². The van der Waals surface area contributed by atoms with E-state index in [2.05, 4.69) is 200 Å². The second-order valence-corrected chi connectivity index (χ2v) is 14.2. The first-order chi connectivity index (χ1) is 26.8. The minimum atomic E-state index is 0.973. The Morgan fingerprint density at radius 1 is 0.241 bits per heavy atom. The Bertz CT molecular complexity index is 3250. The van der Waals surface area contributed by atoms with Gasteiger partial charge in [0.25, 0.3) is 0 Å². The predicted molar refractivity (Wildman–Crippen MR) is 231 cm³/mol. The van der Waals surface area contributed by atoms with Crippen molar-refractivity contribution in [1.29, 1.82) is 0 Å². The van der Waals surface area contributed by atoms with E-state index in [1.54, 1.807) is 0 Å². The quantitative estimate of drug-likeness (QED) is 0.168. The highest BCUT2D eigenvalue weighted by Crippen LogP contribution is 2.44. The summed E-state index contributed by atoms with van der Waals surface area (Å²) in [7, 11) is 0. The molecule has 0 radical (unpaired) electrons. The smallest absolute Gasteiger partial charge is 0.0794 e. The van der Waals surface area contributed by atoms with Gasteiger partial charge in [0, 0.05) is 16.3 Å². The fraction of sp³-hybridized carbons (Fsp3) is 0. The zero-order valence-electron chi connectivity index (χ0n) is 29.5. The van der Waals surface area contributed by atoms with Crippen LogP contribution in [0.1, 0.15) is 0 Å². The van der Waals surface area contributed by atoms with Crippen molar-refractivity contribution in [3.8, 4) is 44.6 Å². The molecule has 10 aromatic carbocycles. The molecule has 0 unspecified atom stereocenters. The molecular weight excluding hydrogens is 651 g/mol. The normalized spacial score (nSPS) is 11.7. The lowest BCUT2D eigenvalue weighted by molar-refractivity contribution is 1.42. The van der Waals surface area contributed by atoms with Crippen LogP contribution < -0.4 is 0 Å². The standard InChI is InChI=1S/C53H33N/c1-2-14-34(15-3-1)35-26-28-36(29-27-35)47-33-52(50-31-38-17-5-7-19-40(38)42-21-9-11-23-44(42)50)54-53-46-25-13-12-24-45(46)49(32-51(47)53)48-30-37-16-4-6-18-39(37)41-20-8-10-22-43(41)48/h1-33H. The fourth-order valence-electron chi connectivity index (χ4n) is 8.67. The summed E-state index contributed by atoms with van der Waals surface area (Å²) in [5.74, 6) is 0. The molecule has 54 heavy (non-hydrogen) atoms. The van der Waals surface area contributed by atoms with Gasteiger partial charge in [-0.25, -0.2) is 4.98 Å². The molecule has 0 N–H and O–H groups in total. The first kappa shape index (κ1) is 30.5. The van der Waals surface area contributed by atoms with Crippen molar-refractivity contribution in [2.24, 2.45) is 0 Å². The molecule has 0 atom stereocenters. The van der Waals surface area contributed by atoms with Crippen molar-refractivity contribution in [2.45, 2.75) is 0 Å². The van der Waals surface area contributed by atoms with Crippen molar-refractivity contribution in [3.05, 3.63) is 200 Å². The highest BCUT2D eigenvalue weighted by atomic mass is 14.7. The Morgan fingerprint density at radius 3 is 1.30 bits per heavy atom. The minimum absolute atomic E-state index is 0.973. The minimum Gasteiger partial charge on any atom is -0.247 e. The van der Waals surface area contributed by atoms with E-state index in [1.807, 2.05) is 0 Å².